The standard InChI is InChI=1S/C17H21N5O2/c1-12(10-23)6-7-18-17(24)15-8-13(20-21-15)9-22-11-19-14-4-2-3-5-16(14)22/h2-5,8,11-12,23H,6-7,9-10H2,1H3,(H,18,24)(H,20,21)/t12-/m1/s1. The molecule has 3 N–H and O–H groups in total. The third-order valence-corrected chi connectivity index (χ3v) is 3.97. The lowest BCUT2D eigenvalue weighted by Gasteiger charge is -2.07. The van der Waals surface area contributed by atoms with Crippen LogP contribution in [0.15, 0.2) is 36.7 Å². The first-order valence-corrected chi connectivity index (χ1v) is 8.00. The number of aromatic amines is 1. The van der Waals surface area contributed by atoms with Crippen LogP contribution in [0, 0.1) is 5.92 Å². The van der Waals surface area contributed by atoms with E-state index < -0.39 is 0 Å². The number of aliphatic hydroxyl groups is 1. The maximum absolute atomic E-state index is 12.1. The summed E-state index contributed by atoms with van der Waals surface area (Å²) in [7, 11) is 0. The molecule has 0 saturated heterocycles. The normalized spacial score (nSPS) is 12.4. The Kier molecular flexibility index (Phi) is 4.90. The van der Waals surface area contributed by atoms with Crippen LogP contribution in [0.2, 0.25) is 0 Å². The smallest absolute Gasteiger partial charge is 0.271 e. The van der Waals surface area contributed by atoms with Crippen molar-refractivity contribution in [3.8, 4) is 0 Å². The van der Waals surface area contributed by atoms with Crippen LogP contribution < -0.4 is 5.32 Å². The molecule has 0 aliphatic rings. The molecular weight excluding hydrogens is 306 g/mol. The first kappa shape index (κ1) is 16.2. The van der Waals surface area contributed by atoms with Crippen molar-refractivity contribution in [2.75, 3.05) is 13.2 Å². The molecule has 0 unspecified atom stereocenters. The Balaban J connectivity index is 1.62. The van der Waals surface area contributed by atoms with Crippen molar-refractivity contribution in [2.45, 2.75) is 19.9 Å². The van der Waals surface area contributed by atoms with E-state index in [0.29, 0.717) is 18.8 Å². The predicted octanol–water partition coefficient (Wildman–Crippen LogP) is 1.56. The minimum atomic E-state index is -0.210. The molecule has 1 aromatic carbocycles. The van der Waals surface area contributed by atoms with Gasteiger partial charge in [-0.3, -0.25) is 9.89 Å². The van der Waals surface area contributed by atoms with Crippen LogP contribution in [0.25, 0.3) is 11.0 Å². The van der Waals surface area contributed by atoms with Crippen molar-refractivity contribution >= 4 is 16.9 Å². The van der Waals surface area contributed by atoms with Crippen molar-refractivity contribution in [3.05, 3.63) is 48.0 Å². The number of H-pyrrole nitrogens is 1. The van der Waals surface area contributed by atoms with Gasteiger partial charge in [-0.1, -0.05) is 19.1 Å². The van der Waals surface area contributed by atoms with Crippen molar-refractivity contribution in [1.29, 1.82) is 0 Å². The predicted molar refractivity (Wildman–Crippen MR) is 90.6 cm³/mol. The third-order valence-electron chi connectivity index (χ3n) is 3.97. The van der Waals surface area contributed by atoms with Gasteiger partial charge in [0.25, 0.3) is 5.91 Å². The monoisotopic (exact) mass is 327 g/mol. The number of para-hydroxylation sites is 2. The largest absolute Gasteiger partial charge is 0.396 e. The summed E-state index contributed by atoms with van der Waals surface area (Å²) in [6.45, 7) is 3.16. The number of benzene rings is 1. The maximum Gasteiger partial charge on any atom is 0.271 e. The molecule has 3 aromatic rings. The fraction of sp³-hybridized carbons (Fsp3) is 0.353. The van der Waals surface area contributed by atoms with Crippen LogP contribution in [0.1, 0.15) is 29.5 Å². The highest BCUT2D eigenvalue weighted by Gasteiger charge is 2.11. The van der Waals surface area contributed by atoms with E-state index in [9.17, 15) is 4.79 Å². The molecule has 1 amide bonds. The molecule has 3 rings (SSSR count). The Hall–Kier alpha value is -2.67. The number of aliphatic hydroxyl groups excluding tert-OH is 1. The third kappa shape index (κ3) is 3.62. The SMILES string of the molecule is C[C@@H](CO)CCNC(=O)c1cc(Cn2cnc3ccccc32)[nH]n1. The minimum Gasteiger partial charge on any atom is -0.396 e. The number of carbonyl (C=O) groups is 1. The highest BCUT2D eigenvalue weighted by Crippen LogP contribution is 2.13. The van der Waals surface area contributed by atoms with Gasteiger partial charge in [-0.25, -0.2) is 4.98 Å². The first-order valence-electron chi connectivity index (χ1n) is 8.00. The van der Waals surface area contributed by atoms with Crippen LogP contribution in [0.4, 0.5) is 0 Å². The number of hydrogen-bond donors (Lipinski definition) is 3. The Morgan fingerprint density at radius 2 is 2.25 bits per heavy atom. The molecule has 0 bridgehead atoms. The topological polar surface area (TPSA) is 95.8 Å². The molecule has 7 heteroatoms. The summed E-state index contributed by atoms with van der Waals surface area (Å²) in [5.74, 6) is -0.0345. The molecule has 2 aromatic heterocycles. The van der Waals surface area contributed by atoms with Gasteiger partial charge in [0.2, 0.25) is 0 Å². The molecule has 0 aliphatic carbocycles. The number of aromatic nitrogens is 4. The van der Waals surface area contributed by atoms with Gasteiger partial charge in [0.05, 0.1) is 29.6 Å². The summed E-state index contributed by atoms with van der Waals surface area (Å²) in [6, 6.07) is 9.65. The second-order valence-corrected chi connectivity index (χ2v) is 5.97. The Morgan fingerprint density at radius 3 is 3.08 bits per heavy atom. The molecule has 0 radical (unpaired) electrons. The quantitative estimate of drug-likeness (QED) is 0.613. The lowest BCUT2D eigenvalue weighted by Crippen LogP contribution is -2.26. The highest BCUT2D eigenvalue weighted by atomic mass is 16.3. The Labute approximate surface area is 139 Å². The van der Waals surface area contributed by atoms with Gasteiger partial charge in [-0.15, -0.1) is 0 Å². The summed E-state index contributed by atoms with van der Waals surface area (Å²) in [5.41, 5.74) is 3.18. The van der Waals surface area contributed by atoms with Gasteiger partial charge in [0, 0.05) is 13.2 Å². The number of carbonyl (C=O) groups excluding carboxylic acids is 1. The molecule has 24 heavy (non-hydrogen) atoms. The minimum absolute atomic E-state index is 0.126. The molecule has 126 valence electrons. The zero-order valence-electron chi connectivity index (χ0n) is 13.6. The van der Waals surface area contributed by atoms with Crippen molar-refractivity contribution in [3.63, 3.8) is 0 Å². The average molecular weight is 327 g/mol. The van der Waals surface area contributed by atoms with E-state index in [0.717, 1.165) is 23.1 Å². The van der Waals surface area contributed by atoms with E-state index in [-0.39, 0.29) is 18.4 Å². The summed E-state index contributed by atoms with van der Waals surface area (Å²) in [5, 5.41) is 18.8. The number of imidazole rings is 1. The number of nitrogens with one attached hydrogen (secondary N) is 2. The fourth-order valence-electron chi connectivity index (χ4n) is 2.49. The van der Waals surface area contributed by atoms with E-state index in [4.69, 9.17) is 5.11 Å². The molecule has 0 aliphatic heterocycles. The molecule has 0 saturated carbocycles. The van der Waals surface area contributed by atoms with E-state index in [1.807, 2.05) is 35.8 Å². The van der Waals surface area contributed by atoms with Gasteiger partial charge in [-0.2, -0.15) is 5.10 Å². The average Bonchev–Trinajstić information content (AvgIpc) is 3.23. The number of hydrogen-bond acceptors (Lipinski definition) is 4. The molecule has 7 nitrogen and oxygen atoms in total. The van der Waals surface area contributed by atoms with Gasteiger partial charge < -0.3 is 15.0 Å². The van der Waals surface area contributed by atoms with Gasteiger partial charge in [0.15, 0.2) is 0 Å². The van der Waals surface area contributed by atoms with Crippen LogP contribution >= 0.6 is 0 Å². The fourth-order valence-corrected chi connectivity index (χ4v) is 2.49. The summed E-state index contributed by atoms with van der Waals surface area (Å²) in [6.07, 6.45) is 2.52. The maximum atomic E-state index is 12.1. The molecule has 1 atom stereocenters. The van der Waals surface area contributed by atoms with Crippen LogP contribution in [0.3, 0.4) is 0 Å². The second-order valence-electron chi connectivity index (χ2n) is 5.97. The molecular formula is C17H21N5O2. The van der Waals surface area contributed by atoms with Crippen LogP contribution in [-0.2, 0) is 6.54 Å². The summed E-state index contributed by atoms with van der Waals surface area (Å²) < 4.78 is 2.01. The number of fused-ring (bicyclic) bond motifs is 1. The lowest BCUT2D eigenvalue weighted by molar-refractivity contribution is 0.0944. The summed E-state index contributed by atoms with van der Waals surface area (Å²) >= 11 is 0. The van der Waals surface area contributed by atoms with Crippen molar-refractivity contribution < 1.29 is 9.90 Å². The van der Waals surface area contributed by atoms with E-state index in [1.165, 1.54) is 0 Å². The van der Waals surface area contributed by atoms with Crippen molar-refractivity contribution in [2.24, 2.45) is 5.92 Å². The van der Waals surface area contributed by atoms with E-state index in [2.05, 4.69) is 20.5 Å². The Bertz CT molecular complexity index is 823. The van der Waals surface area contributed by atoms with E-state index >= 15 is 0 Å². The van der Waals surface area contributed by atoms with Gasteiger partial charge >= 0.3 is 0 Å². The molecule has 0 spiro atoms. The van der Waals surface area contributed by atoms with Crippen LogP contribution in [0.5, 0.6) is 0 Å². The number of amides is 1. The first-order chi connectivity index (χ1) is 11.7. The number of rotatable bonds is 7. The second kappa shape index (κ2) is 7.27. The summed E-state index contributed by atoms with van der Waals surface area (Å²) in [4.78, 5) is 16.4. The molecule has 0 fully saturated rings. The highest BCUT2D eigenvalue weighted by molar-refractivity contribution is 5.92. The molecule has 2 heterocycles. The van der Waals surface area contributed by atoms with Crippen molar-refractivity contribution in [1.82, 2.24) is 25.1 Å². The number of nitrogens with zero attached hydrogens (tertiary/aromatic N) is 3. The Morgan fingerprint density at radius 1 is 1.42 bits per heavy atom. The van der Waals surface area contributed by atoms with Gasteiger partial charge in [-0.05, 0) is 30.5 Å². The van der Waals surface area contributed by atoms with Gasteiger partial charge in [0.1, 0.15) is 5.69 Å². The zero-order chi connectivity index (χ0) is 16.9. The zero-order valence-corrected chi connectivity index (χ0v) is 13.6. The van der Waals surface area contributed by atoms with E-state index in [1.54, 1.807) is 12.4 Å². The van der Waals surface area contributed by atoms with Crippen LogP contribution in [-0.4, -0.2) is 43.9 Å². The lowest BCUT2D eigenvalue weighted by atomic mass is 10.1.